The number of ketones is 1. The molecule has 1 aliphatic carbocycles. The fraction of sp³-hybridized carbons (Fsp3) is 0.917. The van der Waals surface area contributed by atoms with Gasteiger partial charge in [0.05, 0.1) is 0 Å². The zero-order chi connectivity index (χ0) is 10.4. The molecule has 0 radical (unpaired) electrons. The molecule has 1 unspecified atom stereocenters. The summed E-state index contributed by atoms with van der Waals surface area (Å²) >= 11 is 0. The van der Waals surface area contributed by atoms with Crippen molar-refractivity contribution in [3.05, 3.63) is 0 Å². The molecular formula is C12H22O2. The third-order valence-corrected chi connectivity index (χ3v) is 2.77. The van der Waals surface area contributed by atoms with Gasteiger partial charge in [-0.15, -0.1) is 0 Å². The predicted molar refractivity (Wildman–Crippen MR) is 57.3 cm³/mol. The lowest BCUT2D eigenvalue weighted by Crippen LogP contribution is -2.24. The number of carbonyl (C=O) groups excluding carboxylic acids is 1. The first-order chi connectivity index (χ1) is 6.77. The summed E-state index contributed by atoms with van der Waals surface area (Å²) in [6.07, 6.45) is 6.28. The van der Waals surface area contributed by atoms with Gasteiger partial charge in [0.15, 0.2) is 5.78 Å². The van der Waals surface area contributed by atoms with Crippen LogP contribution in [0.4, 0.5) is 0 Å². The molecule has 0 spiro atoms. The van der Waals surface area contributed by atoms with Crippen molar-refractivity contribution in [3.8, 4) is 0 Å². The Kier molecular flexibility index (Phi) is 5.16. The Labute approximate surface area is 87.0 Å². The van der Waals surface area contributed by atoms with Gasteiger partial charge in [-0.2, -0.15) is 0 Å². The van der Waals surface area contributed by atoms with Gasteiger partial charge in [-0.05, 0) is 25.7 Å². The number of hydrogen-bond acceptors (Lipinski definition) is 2. The largest absolute Gasteiger partial charge is 0.371 e. The van der Waals surface area contributed by atoms with Crippen molar-refractivity contribution >= 4 is 5.78 Å². The van der Waals surface area contributed by atoms with E-state index >= 15 is 0 Å². The highest BCUT2D eigenvalue weighted by Gasteiger charge is 2.24. The summed E-state index contributed by atoms with van der Waals surface area (Å²) in [4.78, 5) is 11.7. The minimum atomic E-state index is -0.122. The van der Waals surface area contributed by atoms with E-state index < -0.39 is 0 Å². The second kappa shape index (κ2) is 6.18. The SMILES string of the molecule is CCCC(OCC)C(=O)CCC1CC1. The summed E-state index contributed by atoms with van der Waals surface area (Å²) in [7, 11) is 0. The van der Waals surface area contributed by atoms with Gasteiger partial charge in [0.1, 0.15) is 6.10 Å². The summed E-state index contributed by atoms with van der Waals surface area (Å²) < 4.78 is 5.45. The Morgan fingerprint density at radius 2 is 2.14 bits per heavy atom. The maximum absolute atomic E-state index is 11.7. The molecule has 1 fully saturated rings. The molecule has 0 aromatic carbocycles. The molecule has 0 heterocycles. The molecular weight excluding hydrogens is 176 g/mol. The van der Waals surface area contributed by atoms with Crippen LogP contribution in [0.3, 0.4) is 0 Å². The molecule has 14 heavy (non-hydrogen) atoms. The van der Waals surface area contributed by atoms with E-state index in [1.807, 2.05) is 6.92 Å². The maximum atomic E-state index is 11.7. The van der Waals surface area contributed by atoms with Crippen LogP contribution in [0.25, 0.3) is 0 Å². The maximum Gasteiger partial charge on any atom is 0.161 e. The molecule has 0 aliphatic heterocycles. The Balaban J connectivity index is 2.20. The van der Waals surface area contributed by atoms with Gasteiger partial charge in [0, 0.05) is 13.0 Å². The second-order valence-corrected chi connectivity index (χ2v) is 4.18. The van der Waals surface area contributed by atoms with E-state index in [1.54, 1.807) is 0 Å². The smallest absolute Gasteiger partial charge is 0.161 e. The van der Waals surface area contributed by atoms with E-state index in [2.05, 4.69) is 6.92 Å². The molecule has 1 saturated carbocycles. The van der Waals surface area contributed by atoms with Crippen LogP contribution in [0.15, 0.2) is 0 Å². The van der Waals surface area contributed by atoms with Gasteiger partial charge >= 0.3 is 0 Å². The van der Waals surface area contributed by atoms with Crippen molar-refractivity contribution < 1.29 is 9.53 Å². The van der Waals surface area contributed by atoms with E-state index in [0.29, 0.717) is 12.4 Å². The van der Waals surface area contributed by atoms with Crippen molar-refractivity contribution in [2.45, 2.75) is 58.5 Å². The fourth-order valence-corrected chi connectivity index (χ4v) is 1.71. The summed E-state index contributed by atoms with van der Waals surface area (Å²) in [6.45, 7) is 4.71. The highest BCUT2D eigenvalue weighted by molar-refractivity contribution is 5.83. The van der Waals surface area contributed by atoms with Gasteiger partial charge in [-0.1, -0.05) is 26.2 Å². The molecule has 0 aromatic rings. The van der Waals surface area contributed by atoms with Gasteiger partial charge in [0.25, 0.3) is 0 Å². The molecule has 0 N–H and O–H groups in total. The van der Waals surface area contributed by atoms with Crippen molar-refractivity contribution in [1.82, 2.24) is 0 Å². The number of Topliss-reactive ketones (excluding diaryl/α,β-unsaturated/α-hetero) is 1. The average Bonchev–Trinajstić information content (AvgIpc) is 2.97. The van der Waals surface area contributed by atoms with Crippen molar-refractivity contribution in [2.75, 3.05) is 6.61 Å². The summed E-state index contributed by atoms with van der Waals surface area (Å²) in [5.41, 5.74) is 0. The molecule has 1 rings (SSSR count). The van der Waals surface area contributed by atoms with Crippen LogP contribution in [0.1, 0.15) is 52.4 Å². The van der Waals surface area contributed by atoms with E-state index in [4.69, 9.17) is 4.74 Å². The first-order valence-corrected chi connectivity index (χ1v) is 5.92. The zero-order valence-corrected chi connectivity index (χ0v) is 9.42. The van der Waals surface area contributed by atoms with E-state index in [1.165, 1.54) is 12.8 Å². The summed E-state index contributed by atoms with van der Waals surface area (Å²) in [6, 6.07) is 0. The number of carbonyl (C=O) groups is 1. The zero-order valence-electron chi connectivity index (χ0n) is 9.42. The number of hydrogen-bond donors (Lipinski definition) is 0. The highest BCUT2D eigenvalue weighted by atomic mass is 16.5. The normalized spacial score (nSPS) is 18.1. The Morgan fingerprint density at radius 1 is 1.43 bits per heavy atom. The van der Waals surface area contributed by atoms with E-state index in [9.17, 15) is 4.79 Å². The third-order valence-electron chi connectivity index (χ3n) is 2.77. The second-order valence-electron chi connectivity index (χ2n) is 4.18. The van der Waals surface area contributed by atoms with Gasteiger partial charge < -0.3 is 4.74 Å². The Bertz CT molecular complexity index is 167. The Morgan fingerprint density at radius 3 is 2.64 bits per heavy atom. The molecule has 0 amide bonds. The van der Waals surface area contributed by atoms with Crippen LogP contribution in [0, 0.1) is 5.92 Å². The Hall–Kier alpha value is -0.370. The first kappa shape index (κ1) is 11.7. The lowest BCUT2D eigenvalue weighted by atomic mass is 10.0. The van der Waals surface area contributed by atoms with Gasteiger partial charge in [-0.3, -0.25) is 4.79 Å². The van der Waals surface area contributed by atoms with Crippen molar-refractivity contribution in [3.63, 3.8) is 0 Å². The van der Waals surface area contributed by atoms with Crippen LogP contribution >= 0.6 is 0 Å². The molecule has 0 aromatic heterocycles. The average molecular weight is 198 g/mol. The summed E-state index contributed by atoms with van der Waals surface area (Å²) in [5.74, 6) is 1.17. The van der Waals surface area contributed by atoms with Gasteiger partial charge in [-0.25, -0.2) is 0 Å². The summed E-state index contributed by atoms with van der Waals surface area (Å²) in [5, 5.41) is 0. The van der Waals surface area contributed by atoms with Crippen molar-refractivity contribution in [2.24, 2.45) is 5.92 Å². The van der Waals surface area contributed by atoms with Gasteiger partial charge in [0.2, 0.25) is 0 Å². The van der Waals surface area contributed by atoms with E-state index in [0.717, 1.165) is 31.6 Å². The number of ether oxygens (including phenoxy) is 1. The number of rotatable bonds is 8. The standard InChI is InChI=1S/C12H22O2/c1-3-5-12(14-4-2)11(13)9-8-10-6-7-10/h10,12H,3-9H2,1-2H3. The minimum absolute atomic E-state index is 0.122. The molecule has 2 nitrogen and oxygen atoms in total. The topological polar surface area (TPSA) is 26.3 Å². The fourth-order valence-electron chi connectivity index (χ4n) is 1.71. The molecule has 82 valence electrons. The molecule has 1 atom stereocenters. The molecule has 1 aliphatic rings. The van der Waals surface area contributed by atoms with Crippen LogP contribution < -0.4 is 0 Å². The van der Waals surface area contributed by atoms with Crippen LogP contribution in [0.5, 0.6) is 0 Å². The quantitative estimate of drug-likeness (QED) is 0.599. The predicted octanol–water partition coefficient (Wildman–Crippen LogP) is 2.95. The van der Waals surface area contributed by atoms with Crippen LogP contribution in [-0.2, 0) is 9.53 Å². The molecule has 0 saturated heterocycles. The highest BCUT2D eigenvalue weighted by Crippen LogP contribution is 2.33. The van der Waals surface area contributed by atoms with Crippen LogP contribution in [0.2, 0.25) is 0 Å². The third kappa shape index (κ3) is 4.23. The van der Waals surface area contributed by atoms with E-state index in [-0.39, 0.29) is 6.10 Å². The minimum Gasteiger partial charge on any atom is -0.371 e. The lowest BCUT2D eigenvalue weighted by Gasteiger charge is -2.14. The van der Waals surface area contributed by atoms with Crippen molar-refractivity contribution in [1.29, 1.82) is 0 Å². The van der Waals surface area contributed by atoms with Crippen LogP contribution in [-0.4, -0.2) is 18.5 Å². The lowest BCUT2D eigenvalue weighted by molar-refractivity contribution is -0.130. The monoisotopic (exact) mass is 198 g/mol. The molecule has 0 bridgehead atoms. The molecule has 2 heteroatoms. The first-order valence-electron chi connectivity index (χ1n) is 5.92.